The highest BCUT2D eigenvalue weighted by Gasteiger charge is 2.26. The van der Waals surface area contributed by atoms with Crippen molar-refractivity contribution in [1.29, 1.82) is 0 Å². The molecule has 144 valence electrons. The maximum Gasteiger partial charge on any atom is 0.177 e. The summed E-state index contributed by atoms with van der Waals surface area (Å²) in [6, 6.07) is 10.1. The Morgan fingerprint density at radius 1 is 0.929 bits per heavy atom. The summed E-state index contributed by atoms with van der Waals surface area (Å²) in [5, 5.41) is 2.27. The van der Waals surface area contributed by atoms with E-state index in [1.807, 2.05) is 41.7 Å². The van der Waals surface area contributed by atoms with Crippen LogP contribution >= 0.6 is 22.7 Å². The zero-order valence-corrected chi connectivity index (χ0v) is 18.7. The molecule has 0 bridgehead atoms. The highest BCUT2D eigenvalue weighted by atomic mass is 32.1. The summed E-state index contributed by atoms with van der Waals surface area (Å²) < 4.78 is 0. The van der Waals surface area contributed by atoms with Gasteiger partial charge in [-0.1, -0.05) is 30.3 Å². The Kier molecular flexibility index (Phi) is 5.39. The molecule has 0 atom stereocenters. The van der Waals surface area contributed by atoms with Crippen LogP contribution in [0.1, 0.15) is 66.5 Å². The highest BCUT2D eigenvalue weighted by Crippen LogP contribution is 2.46. The van der Waals surface area contributed by atoms with E-state index in [1.54, 1.807) is 11.3 Å². The standard InChI is InChI=1S/C25H26OS2/c1-15-14-27-17(3)23(15)20-11-8-12-21(20)24-16(2)25(28-18(24)4)22(26)13-19-9-6-5-7-10-19/h5-7,9-10,14H,8,11-13H2,1-4H3. The van der Waals surface area contributed by atoms with Crippen molar-refractivity contribution in [2.24, 2.45) is 0 Å². The summed E-state index contributed by atoms with van der Waals surface area (Å²) in [5.41, 5.74) is 9.46. The van der Waals surface area contributed by atoms with Gasteiger partial charge in [0.15, 0.2) is 5.78 Å². The van der Waals surface area contributed by atoms with Crippen molar-refractivity contribution < 1.29 is 4.79 Å². The Labute approximate surface area is 175 Å². The molecule has 1 aliphatic carbocycles. The van der Waals surface area contributed by atoms with Crippen molar-refractivity contribution in [1.82, 2.24) is 0 Å². The van der Waals surface area contributed by atoms with Gasteiger partial charge >= 0.3 is 0 Å². The van der Waals surface area contributed by atoms with Crippen LogP contribution in [-0.4, -0.2) is 5.78 Å². The molecule has 4 rings (SSSR count). The van der Waals surface area contributed by atoms with Gasteiger partial charge in [-0.25, -0.2) is 0 Å². The van der Waals surface area contributed by atoms with Crippen LogP contribution in [0.2, 0.25) is 0 Å². The Morgan fingerprint density at radius 2 is 1.61 bits per heavy atom. The Morgan fingerprint density at radius 3 is 2.25 bits per heavy atom. The number of hydrogen-bond acceptors (Lipinski definition) is 3. The summed E-state index contributed by atoms with van der Waals surface area (Å²) >= 11 is 3.53. The maximum atomic E-state index is 13.0. The second-order valence-corrected chi connectivity index (χ2v) is 10.0. The number of carbonyl (C=O) groups excluding carboxylic acids is 1. The number of rotatable bonds is 5. The van der Waals surface area contributed by atoms with Crippen molar-refractivity contribution >= 4 is 39.6 Å². The number of ketones is 1. The second-order valence-electron chi connectivity index (χ2n) is 7.73. The zero-order valence-electron chi connectivity index (χ0n) is 17.0. The summed E-state index contributed by atoms with van der Waals surface area (Å²) in [4.78, 5) is 16.7. The predicted molar refractivity (Wildman–Crippen MR) is 123 cm³/mol. The molecule has 2 aromatic heterocycles. The zero-order chi connectivity index (χ0) is 19.8. The number of thiophene rings is 2. The minimum atomic E-state index is 0.242. The molecule has 0 N–H and O–H groups in total. The lowest BCUT2D eigenvalue weighted by Crippen LogP contribution is -2.03. The fourth-order valence-electron chi connectivity index (χ4n) is 4.54. The van der Waals surface area contributed by atoms with E-state index >= 15 is 0 Å². The maximum absolute atomic E-state index is 13.0. The van der Waals surface area contributed by atoms with E-state index in [0.29, 0.717) is 6.42 Å². The summed E-state index contributed by atoms with van der Waals surface area (Å²) in [5.74, 6) is 0.242. The lowest BCUT2D eigenvalue weighted by molar-refractivity contribution is 0.0996. The molecular formula is C25H26OS2. The monoisotopic (exact) mass is 406 g/mol. The number of aryl methyl sites for hydroxylation is 3. The number of Topliss-reactive ketones (excluding diaryl/α,β-unsaturated/α-hetero) is 1. The second kappa shape index (κ2) is 7.81. The quantitative estimate of drug-likeness (QED) is 0.399. The molecule has 2 heterocycles. The molecule has 0 aliphatic heterocycles. The van der Waals surface area contributed by atoms with Crippen LogP contribution in [0.15, 0.2) is 35.7 Å². The topological polar surface area (TPSA) is 17.1 Å². The van der Waals surface area contributed by atoms with Crippen LogP contribution in [0, 0.1) is 27.7 Å². The number of hydrogen-bond donors (Lipinski definition) is 0. The summed E-state index contributed by atoms with van der Waals surface area (Å²) in [6.45, 7) is 8.79. The first-order valence-corrected chi connectivity index (χ1v) is 11.6. The number of allylic oxidation sites excluding steroid dienone is 2. The van der Waals surface area contributed by atoms with Gasteiger partial charge in [0.25, 0.3) is 0 Å². The molecular weight excluding hydrogens is 380 g/mol. The smallest absolute Gasteiger partial charge is 0.177 e. The van der Waals surface area contributed by atoms with Crippen molar-refractivity contribution in [3.05, 3.63) is 78.2 Å². The van der Waals surface area contributed by atoms with Gasteiger partial charge in [-0.2, -0.15) is 0 Å². The third-order valence-corrected chi connectivity index (χ3v) is 8.04. The molecule has 3 heteroatoms. The predicted octanol–water partition coefficient (Wildman–Crippen LogP) is 7.56. The van der Waals surface area contributed by atoms with Gasteiger partial charge in [0.2, 0.25) is 0 Å². The van der Waals surface area contributed by atoms with Gasteiger partial charge in [-0.3, -0.25) is 4.79 Å². The van der Waals surface area contributed by atoms with Gasteiger partial charge < -0.3 is 0 Å². The molecule has 0 saturated heterocycles. The van der Waals surface area contributed by atoms with E-state index in [4.69, 9.17) is 0 Å². The van der Waals surface area contributed by atoms with Gasteiger partial charge in [0, 0.05) is 16.2 Å². The molecule has 0 fully saturated rings. The molecule has 0 spiro atoms. The Bertz CT molecular complexity index is 1040. The lowest BCUT2D eigenvalue weighted by atomic mass is 9.92. The number of carbonyl (C=O) groups is 1. The third kappa shape index (κ3) is 3.42. The van der Waals surface area contributed by atoms with E-state index in [1.165, 1.54) is 49.6 Å². The van der Waals surface area contributed by atoms with E-state index in [2.05, 4.69) is 33.1 Å². The van der Waals surface area contributed by atoms with Crippen molar-refractivity contribution in [2.75, 3.05) is 0 Å². The first kappa shape index (κ1) is 19.4. The molecule has 0 saturated carbocycles. The van der Waals surface area contributed by atoms with Gasteiger partial charge in [0.05, 0.1) is 4.88 Å². The molecule has 1 nitrogen and oxygen atoms in total. The molecule has 1 aromatic carbocycles. The number of benzene rings is 1. The highest BCUT2D eigenvalue weighted by molar-refractivity contribution is 7.14. The Balaban J connectivity index is 1.75. The largest absolute Gasteiger partial charge is 0.293 e. The fraction of sp³-hybridized carbons (Fsp3) is 0.320. The summed E-state index contributed by atoms with van der Waals surface area (Å²) in [6.07, 6.45) is 3.96. The van der Waals surface area contributed by atoms with E-state index in [-0.39, 0.29) is 5.78 Å². The lowest BCUT2D eigenvalue weighted by Gasteiger charge is -2.11. The molecule has 28 heavy (non-hydrogen) atoms. The van der Waals surface area contributed by atoms with Crippen LogP contribution in [0.4, 0.5) is 0 Å². The average molecular weight is 407 g/mol. The first-order valence-electron chi connectivity index (χ1n) is 9.92. The van der Waals surface area contributed by atoms with Crippen molar-refractivity contribution in [2.45, 2.75) is 53.4 Å². The van der Waals surface area contributed by atoms with Gasteiger partial charge in [-0.15, -0.1) is 22.7 Å². The normalized spacial score (nSPS) is 14.1. The van der Waals surface area contributed by atoms with Crippen LogP contribution < -0.4 is 0 Å². The van der Waals surface area contributed by atoms with Crippen molar-refractivity contribution in [3.63, 3.8) is 0 Å². The minimum absolute atomic E-state index is 0.242. The van der Waals surface area contributed by atoms with Gasteiger partial charge in [0.1, 0.15) is 0 Å². The minimum Gasteiger partial charge on any atom is -0.293 e. The first-order chi connectivity index (χ1) is 13.5. The van der Waals surface area contributed by atoms with Crippen LogP contribution in [0.5, 0.6) is 0 Å². The molecule has 0 amide bonds. The average Bonchev–Trinajstić information content (AvgIpc) is 3.34. The van der Waals surface area contributed by atoms with E-state index in [9.17, 15) is 4.79 Å². The van der Waals surface area contributed by atoms with Crippen LogP contribution in [-0.2, 0) is 6.42 Å². The van der Waals surface area contributed by atoms with Gasteiger partial charge in [-0.05, 0) is 91.3 Å². The van der Waals surface area contributed by atoms with Crippen LogP contribution in [0.25, 0.3) is 11.1 Å². The molecule has 0 radical (unpaired) electrons. The molecule has 0 unspecified atom stereocenters. The third-order valence-electron chi connectivity index (χ3n) is 5.76. The Hall–Kier alpha value is -1.97. The van der Waals surface area contributed by atoms with Crippen LogP contribution in [0.3, 0.4) is 0 Å². The summed E-state index contributed by atoms with van der Waals surface area (Å²) in [7, 11) is 0. The van der Waals surface area contributed by atoms with E-state index < -0.39 is 0 Å². The molecule has 3 aromatic rings. The fourth-order valence-corrected chi connectivity index (χ4v) is 6.54. The molecule has 1 aliphatic rings. The van der Waals surface area contributed by atoms with E-state index in [0.717, 1.165) is 23.3 Å². The van der Waals surface area contributed by atoms with Crippen molar-refractivity contribution in [3.8, 4) is 0 Å². The SMILES string of the molecule is Cc1csc(C)c1C1=C(c2c(C)sc(C(=O)Cc3ccccc3)c2C)CCC1.